The van der Waals surface area contributed by atoms with Gasteiger partial charge in [0.05, 0.1) is 6.10 Å². The zero-order chi connectivity index (χ0) is 22.2. The second kappa shape index (κ2) is 8.11. The standard InChI is InChI=1S/C22H21F3N2O4/c1-13-18-20(31-21(2,3)30-18)19(15(28-13)8-7-14-9-11-26-12-10-14)29-17-6-4-5-16(27-17)22(23,24)25/h4-6,9-13,15,18-20H,1-3H3/t13-,15-,18+,19+,20+/m1/s1. The minimum atomic E-state index is -4.59. The van der Waals surface area contributed by atoms with E-state index in [0.717, 1.165) is 6.07 Å². The Morgan fingerprint density at radius 2 is 1.77 bits per heavy atom. The molecule has 0 aliphatic carbocycles. The van der Waals surface area contributed by atoms with Gasteiger partial charge in [-0.2, -0.15) is 13.2 Å². The maximum Gasteiger partial charge on any atom is 0.433 e. The molecule has 2 saturated heterocycles. The lowest BCUT2D eigenvalue weighted by Gasteiger charge is -2.38. The zero-order valence-corrected chi connectivity index (χ0v) is 17.1. The molecule has 0 radical (unpaired) electrons. The topological polar surface area (TPSA) is 62.7 Å². The van der Waals surface area contributed by atoms with Crippen molar-refractivity contribution in [3.8, 4) is 17.7 Å². The molecule has 0 bridgehead atoms. The van der Waals surface area contributed by atoms with Gasteiger partial charge in [-0.05, 0) is 39.0 Å². The van der Waals surface area contributed by atoms with E-state index in [2.05, 4.69) is 21.8 Å². The summed E-state index contributed by atoms with van der Waals surface area (Å²) in [5, 5.41) is 0. The van der Waals surface area contributed by atoms with Crippen LogP contribution in [0.5, 0.6) is 5.88 Å². The average molecular weight is 434 g/mol. The molecule has 2 aromatic rings. The lowest BCUT2D eigenvalue weighted by atomic mass is 9.95. The first-order valence-electron chi connectivity index (χ1n) is 9.76. The van der Waals surface area contributed by atoms with Crippen LogP contribution in [0.15, 0.2) is 42.7 Å². The Bertz CT molecular complexity index is 987. The molecule has 0 saturated carbocycles. The molecule has 0 aromatic carbocycles. The van der Waals surface area contributed by atoms with E-state index in [4.69, 9.17) is 18.9 Å². The van der Waals surface area contributed by atoms with Gasteiger partial charge < -0.3 is 18.9 Å². The molecule has 31 heavy (non-hydrogen) atoms. The zero-order valence-electron chi connectivity index (χ0n) is 17.1. The van der Waals surface area contributed by atoms with Gasteiger partial charge in [0.1, 0.15) is 17.9 Å². The molecule has 2 aliphatic heterocycles. The Morgan fingerprint density at radius 3 is 2.48 bits per heavy atom. The van der Waals surface area contributed by atoms with Crippen LogP contribution in [-0.2, 0) is 20.4 Å². The summed E-state index contributed by atoms with van der Waals surface area (Å²) < 4.78 is 63.1. The van der Waals surface area contributed by atoms with E-state index >= 15 is 0 Å². The van der Waals surface area contributed by atoms with Crippen molar-refractivity contribution < 1.29 is 32.1 Å². The third-order valence-corrected chi connectivity index (χ3v) is 4.92. The fraction of sp³-hybridized carbons (Fsp3) is 0.455. The lowest BCUT2D eigenvalue weighted by molar-refractivity contribution is -0.156. The third kappa shape index (κ3) is 4.82. The Balaban J connectivity index is 1.66. The van der Waals surface area contributed by atoms with E-state index in [0.29, 0.717) is 5.56 Å². The maximum atomic E-state index is 13.1. The SMILES string of the molecule is C[C@H]1O[C@H](C#Cc2ccncc2)[C@H](Oc2cccc(C(F)(F)F)n2)[C@H]2OC(C)(C)O[C@H]21. The van der Waals surface area contributed by atoms with Crippen molar-refractivity contribution in [2.45, 2.75) is 63.3 Å². The predicted molar refractivity (Wildman–Crippen MR) is 103 cm³/mol. The van der Waals surface area contributed by atoms with Gasteiger partial charge in [0.15, 0.2) is 18.0 Å². The number of ether oxygens (including phenoxy) is 4. The van der Waals surface area contributed by atoms with E-state index in [1.54, 1.807) is 38.4 Å². The molecule has 9 heteroatoms. The number of halogens is 3. The van der Waals surface area contributed by atoms with Crippen LogP contribution in [0.2, 0.25) is 0 Å². The van der Waals surface area contributed by atoms with Crippen molar-refractivity contribution in [1.29, 1.82) is 0 Å². The first kappa shape index (κ1) is 21.6. The molecule has 0 N–H and O–H groups in total. The molecule has 0 spiro atoms. The van der Waals surface area contributed by atoms with Crippen molar-refractivity contribution >= 4 is 0 Å². The number of nitrogens with zero attached hydrogens (tertiary/aromatic N) is 2. The molecule has 164 valence electrons. The third-order valence-electron chi connectivity index (χ3n) is 4.92. The normalized spacial score (nSPS) is 29.5. The predicted octanol–water partition coefficient (Wildman–Crippen LogP) is 3.60. The molecule has 2 fully saturated rings. The molecule has 0 unspecified atom stereocenters. The van der Waals surface area contributed by atoms with Gasteiger partial charge in [0.25, 0.3) is 0 Å². The highest BCUT2D eigenvalue weighted by Gasteiger charge is 2.55. The van der Waals surface area contributed by atoms with Crippen LogP contribution in [0.1, 0.15) is 32.0 Å². The number of pyridine rings is 2. The molecular weight excluding hydrogens is 413 g/mol. The van der Waals surface area contributed by atoms with Crippen molar-refractivity contribution in [3.63, 3.8) is 0 Å². The Hall–Kier alpha value is -2.67. The smallest absolute Gasteiger partial charge is 0.433 e. The van der Waals surface area contributed by atoms with Crippen LogP contribution < -0.4 is 4.74 Å². The van der Waals surface area contributed by atoms with Gasteiger partial charge in [0, 0.05) is 24.0 Å². The Morgan fingerprint density at radius 1 is 1.06 bits per heavy atom. The fourth-order valence-corrected chi connectivity index (χ4v) is 3.61. The van der Waals surface area contributed by atoms with E-state index < -0.39 is 42.1 Å². The van der Waals surface area contributed by atoms with Gasteiger partial charge in [0.2, 0.25) is 5.88 Å². The minimum Gasteiger partial charge on any atom is -0.468 e. The van der Waals surface area contributed by atoms with Crippen LogP contribution in [0.3, 0.4) is 0 Å². The van der Waals surface area contributed by atoms with Gasteiger partial charge >= 0.3 is 6.18 Å². The Kier molecular flexibility index (Phi) is 5.64. The highest BCUT2D eigenvalue weighted by atomic mass is 19.4. The summed E-state index contributed by atoms with van der Waals surface area (Å²) in [7, 11) is 0. The largest absolute Gasteiger partial charge is 0.468 e. The number of hydrogen-bond donors (Lipinski definition) is 0. The number of fused-ring (bicyclic) bond motifs is 1. The summed E-state index contributed by atoms with van der Waals surface area (Å²) in [6, 6.07) is 6.96. The van der Waals surface area contributed by atoms with Crippen LogP contribution >= 0.6 is 0 Å². The van der Waals surface area contributed by atoms with Crippen LogP contribution in [0, 0.1) is 11.8 Å². The van der Waals surface area contributed by atoms with Crippen molar-refractivity contribution in [3.05, 3.63) is 54.0 Å². The van der Waals surface area contributed by atoms with Crippen molar-refractivity contribution in [2.75, 3.05) is 0 Å². The van der Waals surface area contributed by atoms with Gasteiger partial charge in [-0.15, -0.1) is 0 Å². The van der Waals surface area contributed by atoms with Crippen molar-refractivity contribution in [2.24, 2.45) is 0 Å². The molecule has 5 atom stereocenters. The quantitative estimate of drug-likeness (QED) is 0.674. The molecule has 2 aromatic heterocycles. The maximum absolute atomic E-state index is 13.1. The van der Waals surface area contributed by atoms with Gasteiger partial charge in [-0.3, -0.25) is 4.98 Å². The minimum absolute atomic E-state index is 0.194. The fourth-order valence-electron chi connectivity index (χ4n) is 3.61. The molecule has 6 nitrogen and oxygen atoms in total. The number of alkyl halides is 3. The van der Waals surface area contributed by atoms with E-state index in [1.807, 2.05) is 6.92 Å². The van der Waals surface area contributed by atoms with Gasteiger partial charge in [-0.25, -0.2) is 4.98 Å². The highest BCUT2D eigenvalue weighted by Crippen LogP contribution is 2.39. The first-order chi connectivity index (χ1) is 14.6. The van der Waals surface area contributed by atoms with Crippen molar-refractivity contribution in [1.82, 2.24) is 9.97 Å². The summed E-state index contributed by atoms with van der Waals surface area (Å²) in [5.74, 6) is 4.91. The summed E-state index contributed by atoms with van der Waals surface area (Å²) >= 11 is 0. The second-order valence-electron chi connectivity index (χ2n) is 7.77. The number of aromatic nitrogens is 2. The summed E-state index contributed by atoms with van der Waals surface area (Å²) in [6.07, 6.45) is -4.43. The summed E-state index contributed by atoms with van der Waals surface area (Å²) in [4.78, 5) is 7.55. The molecule has 4 heterocycles. The van der Waals surface area contributed by atoms with Gasteiger partial charge in [-0.1, -0.05) is 17.9 Å². The molecule has 2 aliphatic rings. The molecule has 0 amide bonds. The molecule has 4 rings (SSSR count). The number of hydrogen-bond acceptors (Lipinski definition) is 6. The highest BCUT2D eigenvalue weighted by molar-refractivity contribution is 5.34. The second-order valence-corrected chi connectivity index (χ2v) is 7.77. The lowest BCUT2D eigenvalue weighted by Crippen LogP contribution is -2.57. The summed E-state index contributed by atoms with van der Waals surface area (Å²) in [5.41, 5.74) is -0.330. The first-order valence-corrected chi connectivity index (χ1v) is 9.76. The average Bonchev–Trinajstić information content (AvgIpc) is 3.05. The van der Waals surface area contributed by atoms with Crippen LogP contribution in [0.4, 0.5) is 13.2 Å². The molecular formula is C22H21F3N2O4. The summed E-state index contributed by atoms with van der Waals surface area (Å²) in [6.45, 7) is 5.35. The van der Waals surface area contributed by atoms with Crippen LogP contribution in [-0.4, -0.2) is 46.3 Å². The van der Waals surface area contributed by atoms with E-state index in [9.17, 15) is 13.2 Å². The van der Waals surface area contributed by atoms with E-state index in [-0.39, 0.29) is 12.0 Å². The van der Waals surface area contributed by atoms with E-state index in [1.165, 1.54) is 12.1 Å². The van der Waals surface area contributed by atoms with Crippen LogP contribution in [0.25, 0.3) is 0 Å². The Labute approximate surface area is 177 Å². The monoisotopic (exact) mass is 434 g/mol. The number of rotatable bonds is 2.